The number of piperidine rings is 1. The van der Waals surface area contributed by atoms with Gasteiger partial charge in [0.1, 0.15) is 0 Å². The second-order valence-electron chi connectivity index (χ2n) is 4.91. The van der Waals surface area contributed by atoms with Crippen molar-refractivity contribution in [1.82, 2.24) is 0 Å². The summed E-state index contributed by atoms with van der Waals surface area (Å²) in [6, 6.07) is 8.80. The molecule has 2 rings (SSSR count). The van der Waals surface area contributed by atoms with Crippen molar-refractivity contribution in [3.63, 3.8) is 0 Å². The highest BCUT2D eigenvalue weighted by molar-refractivity contribution is 5.56. The molecule has 0 atom stereocenters. The normalized spacial score (nSPS) is 16.9. The van der Waals surface area contributed by atoms with E-state index in [1.807, 2.05) is 0 Å². The molecule has 0 bridgehead atoms. The van der Waals surface area contributed by atoms with Crippen molar-refractivity contribution in [3.05, 3.63) is 24.3 Å². The molecule has 3 nitrogen and oxygen atoms in total. The van der Waals surface area contributed by atoms with Gasteiger partial charge < -0.3 is 14.9 Å². The van der Waals surface area contributed by atoms with Crippen LogP contribution in [-0.4, -0.2) is 37.4 Å². The van der Waals surface area contributed by atoms with E-state index in [0.717, 1.165) is 39.0 Å². The van der Waals surface area contributed by atoms with E-state index in [2.05, 4.69) is 47.9 Å². The van der Waals surface area contributed by atoms with E-state index < -0.39 is 0 Å². The Hall–Kier alpha value is -1.22. The highest BCUT2D eigenvalue weighted by Gasteiger charge is 2.17. The molecule has 1 heterocycles. The molecule has 1 aromatic carbocycles. The summed E-state index contributed by atoms with van der Waals surface area (Å²) in [6.45, 7) is 8.39. The smallest absolute Gasteiger partial charge is 0.0574 e. The maximum Gasteiger partial charge on any atom is 0.0574 e. The number of aliphatic hydroxyl groups is 1. The van der Waals surface area contributed by atoms with Crippen LogP contribution < -0.4 is 9.80 Å². The monoisotopic (exact) mass is 248 g/mol. The Bertz CT molecular complexity index is 351. The van der Waals surface area contributed by atoms with E-state index in [1.54, 1.807) is 0 Å². The van der Waals surface area contributed by atoms with Gasteiger partial charge in [-0.1, -0.05) is 0 Å². The Kier molecular flexibility index (Phi) is 4.48. The van der Waals surface area contributed by atoms with Crippen LogP contribution in [0.25, 0.3) is 0 Å². The van der Waals surface area contributed by atoms with E-state index in [1.165, 1.54) is 11.4 Å². The Labute approximate surface area is 110 Å². The number of nitrogens with zero attached hydrogens (tertiary/aromatic N) is 2. The highest BCUT2D eigenvalue weighted by Crippen LogP contribution is 2.23. The molecule has 1 N–H and O–H groups in total. The molecule has 1 saturated heterocycles. The van der Waals surface area contributed by atoms with Gasteiger partial charge in [0.2, 0.25) is 0 Å². The Balaban J connectivity index is 2.03. The quantitative estimate of drug-likeness (QED) is 0.887. The molecule has 0 aromatic heterocycles. The molecule has 1 aromatic rings. The fraction of sp³-hybridized carbons (Fsp3) is 0.600. The minimum atomic E-state index is -0.101. The van der Waals surface area contributed by atoms with Gasteiger partial charge in [0.15, 0.2) is 0 Å². The lowest BCUT2D eigenvalue weighted by Gasteiger charge is -2.32. The summed E-state index contributed by atoms with van der Waals surface area (Å²) in [7, 11) is 0. The molecule has 1 aliphatic heterocycles. The van der Waals surface area contributed by atoms with Crippen LogP contribution in [0.5, 0.6) is 0 Å². The van der Waals surface area contributed by atoms with Crippen molar-refractivity contribution in [2.45, 2.75) is 32.8 Å². The number of anilines is 2. The number of benzene rings is 1. The minimum absolute atomic E-state index is 0.101. The molecule has 3 heteroatoms. The third kappa shape index (κ3) is 2.96. The summed E-state index contributed by atoms with van der Waals surface area (Å²) < 4.78 is 0. The summed E-state index contributed by atoms with van der Waals surface area (Å²) >= 11 is 0. The van der Waals surface area contributed by atoms with Crippen LogP contribution in [0, 0.1) is 0 Å². The first-order valence-electron chi connectivity index (χ1n) is 7.02. The van der Waals surface area contributed by atoms with Crippen LogP contribution in [0.3, 0.4) is 0 Å². The van der Waals surface area contributed by atoms with E-state index in [0.29, 0.717) is 0 Å². The molecule has 1 aliphatic rings. The minimum Gasteiger partial charge on any atom is -0.393 e. The van der Waals surface area contributed by atoms with Crippen LogP contribution in [0.2, 0.25) is 0 Å². The maximum absolute atomic E-state index is 9.52. The first kappa shape index (κ1) is 13.2. The maximum atomic E-state index is 9.52. The van der Waals surface area contributed by atoms with E-state index in [9.17, 15) is 5.11 Å². The van der Waals surface area contributed by atoms with Gasteiger partial charge in [0, 0.05) is 37.6 Å². The van der Waals surface area contributed by atoms with Gasteiger partial charge >= 0.3 is 0 Å². The van der Waals surface area contributed by atoms with Crippen LogP contribution in [-0.2, 0) is 0 Å². The molecule has 0 amide bonds. The fourth-order valence-electron chi connectivity index (χ4n) is 2.59. The predicted molar refractivity (Wildman–Crippen MR) is 77.5 cm³/mol. The van der Waals surface area contributed by atoms with E-state index >= 15 is 0 Å². The lowest BCUT2D eigenvalue weighted by atomic mass is 10.1. The highest BCUT2D eigenvalue weighted by atomic mass is 16.3. The molecule has 0 aliphatic carbocycles. The SMILES string of the molecule is CCN(CC)c1ccc(N2CCC(O)CC2)cc1. The van der Waals surface area contributed by atoms with Gasteiger partial charge in [-0.2, -0.15) is 0 Å². The Morgan fingerprint density at radius 1 is 1.11 bits per heavy atom. The van der Waals surface area contributed by atoms with Gasteiger partial charge in [0.05, 0.1) is 6.10 Å². The predicted octanol–water partition coefficient (Wildman–Crippen LogP) is 2.49. The Morgan fingerprint density at radius 2 is 1.67 bits per heavy atom. The van der Waals surface area contributed by atoms with Gasteiger partial charge in [-0.15, -0.1) is 0 Å². The van der Waals surface area contributed by atoms with E-state index in [4.69, 9.17) is 0 Å². The van der Waals surface area contributed by atoms with E-state index in [-0.39, 0.29) is 6.10 Å². The van der Waals surface area contributed by atoms with Gasteiger partial charge in [-0.3, -0.25) is 0 Å². The summed E-state index contributed by atoms with van der Waals surface area (Å²) in [5, 5.41) is 9.52. The molecular weight excluding hydrogens is 224 g/mol. The average Bonchev–Trinajstić information content (AvgIpc) is 2.42. The second kappa shape index (κ2) is 6.10. The topological polar surface area (TPSA) is 26.7 Å². The summed E-state index contributed by atoms with van der Waals surface area (Å²) in [6.07, 6.45) is 1.67. The first-order valence-corrected chi connectivity index (χ1v) is 7.02. The summed E-state index contributed by atoms with van der Waals surface area (Å²) in [4.78, 5) is 4.71. The average molecular weight is 248 g/mol. The van der Waals surface area contributed by atoms with Gasteiger partial charge in [0.25, 0.3) is 0 Å². The van der Waals surface area contributed by atoms with Gasteiger partial charge in [-0.25, -0.2) is 0 Å². The van der Waals surface area contributed by atoms with Crippen LogP contribution in [0.4, 0.5) is 11.4 Å². The number of rotatable bonds is 4. The Morgan fingerprint density at radius 3 is 2.17 bits per heavy atom. The van der Waals surface area contributed by atoms with Crippen molar-refractivity contribution in [3.8, 4) is 0 Å². The third-order valence-corrected chi connectivity index (χ3v) is 3.81. The van der Waals surface area contributed by atoms with Crippen LogP contribution >= 0.6 is 0 Å². The first-order chi connectivity index (χ1) is 8.74. The zero-order valence-corrected chi connectivity index (χ0v) is 11.5. The van der Waals surface area contributed by atoms with Crippen molar-refractivity contribution in [2.24, 2.45) is 0 Å². The number of hydrogen-bond acceptors (Lipinski definition) is 3. The zero-order valence-electron chi connectivity index (χ0n) is 11.5. The molecule has 18 heavy (non-hydrogen) atoms. The van der Waals surface area contributed by atoms with Crippen molar-refractivity contribution < 1.29 is 5.11 Å². The molecular formula is C15H24N2O. The van der Waals surface area contributed by atoms with Crippen molar-refractivity contribution >= 4 is 11.4 Å². The lowest BCUT2D eigenvalue weighted by molar-refractivity contribution is 0.145. The zero-order chi connectivity index (χ0) is 13.0. The third-order valence-electron chi connectivity index (χ3n) is 3.81. The molecule has 0 saturated carbocycles. The summed E-state index contributed by atoms with van der Waals surface area (Å²) in [5.74, 6) is 0. The van der Waals surface area contributed by atoms with Crippen LogP contribution in [0.1, 0.15) is 26.7 Å². The fourth-order valence-corrected chi connectivity index (χ4v) is 2.59. The standard InChI is InChI=1S/C15H24N2O/c1-3-16(4-2)13-5-7-14(8-6-13)17-11-9-15(18)10-12-17/h5-8,15,18H,3-4,9-12H2,1-2H3. The molecule has 0 radical (unpaired) electrons. The summed E-state index contributed by atoms with van der Waals surface area (Å²) in [5.41, 5.74) is 2.57. The van der Waals surface area contributed by atoms with Gasteiger partial charge in [-0.05, 0) is 51.0 Å². The second-order valence-corrected chi connectivity index (χ2v) is 4.91. The molecule has 0 spiro atoms. The lowest BCUT2D eigenvalue weighted by Crippen LogP contribution is -2.35. The molecule has 1 fully saturated rings. The number of hydrogen-bond donors (Lipinski definition) is 1. The molecule has 100 valence electrons. The van der Waals surface area contributed by atoms with Crippen LogP contribution in [0.15, 0.2) is 24.3 Å². The number of aliphatic hydroxyl groups excluding tert-OH is 1. The van der Waals surface area contributed by atoms with Crippen molar-refractivity contribution in [2.75, 3.05) is 36.0 Å². The largest absolute Gasteiger partial charge is 0.393 e. The van der Waals surface area contributed by atoms with Crippen molar-refractivity contribution in [1.29, 1.82) is 0 Å². The molecule has 0 unspecified atom stereocenters.